The lowest BCUT2D eigenvalue weighted by Crippen LogP contribution is -2.43. The van der Waals surface area contributed by atoms with Crippen LogP contribution in [0.4, 0.5) is 5.13 Å². The smallest absolute Gasteiger partial charge is 0.307 e. The minimum atomic E-state index is -1.02. The number of aliphatic hydroxyl groups excluding tert-OH is 1. The molecule has 2 atom stereocenters. The lowest BCUT2D eigenvalue weighted by molar-refractivity contribution is -0.158. The number of ether oxygens (including phenoxy) is 1. The van der Waals surface area contributed by atoms with E-state index in [-0.39, 0.29) is 12.3 Å². The summed E-state index contributed by atoms with van der Waals surface area (Å²) in [6, 6.07) is 7.34. The standard InChI is InChI=1S/C21H26BrClN2O4S/c1-13(26)15(11-18(27)29-21(2,3)4)19(28)25(10-9-22)20-24-17(12-30-20)14-7-5-6-8-16(14)23/h5-8,12-13,15,26H,9-11H2,1-4H3. The molecule has 30 heavy (non-hydrogen) atoms. The van der Waals surface area contributed by atoms with Crippen molar-refractivity contribution in [1.82, 2.24) is 4.98 Å². The third-order valence-electron chi connectivity index (χ3n) is 4.15. The molecule has 1 amide bonds. The molecule has 0 radical (unpaired) electrons. The van der Waals surface area contributed by atoms with Gasteiger partial charge in [-0.25, -0.2) is 4.98 Å². The SMILES string of the molecule is CC(O)C(CC(=O)OC(C)(C)C)C(=O)N(CCBr)c1nc(-c2ccccc2Cl)cs1. The van der Waals surface area contributed by atoms with Crippen molar-refractivity contribution in [2.45, 2.75) is 45.8 Å². The van der Waals surface area contributed by atoms with Gasteiger partial charge in [-0.15, -0.1) is 11.3 Å². The summed E-state index contributed by atoms with van der Waals surface area (Å²) in [5.74, 6) is -1.85. The number of nitrogens with zero attached hydrogens (tertiary/aromatic N) is 2. The number of benzene rings is 1. The third kappa shape index (κ3) is 6.77. The Morgan fingerprint density at radius 2 is 2.00 bits per heavy atom. The maximum absolute atomic E-state index is 13.3. The number of carbonyl (C=O) groups excluding carboxylic acids is 2. The first-order valence-electron chi connectivity index (χ1n) is 9.51. The van der Waals surface area contributed by atoms with Gasteiger partial charge in [-0.3, -0.25) is 14.5 Å². The molecule has 2 rings (SSSR count). The molecule has 0 saturated heterocycles. The minimum absolute atomic E-state index is 0.213. The number of hydrogen-bond donors (Lipinski definition) is 1. The van der Waals surface area contributed by atoms with Gasteiger partial charge in [0, 0.05) is 27.8 Å². The Morgan fingerprint density at radius 1 is 1.33 bits per heavy atom. The number of carbonyl (C=O) groups is 2. The lowest BCUT2D eigenvalue weighted by Gasteiger charge is -2.27. The largest absolute Gasteiger partial charge is 0.460 e. The van der Waals surface area contributed by atoms with E-state index in [0.29, 0.717) is 27.7 Å². The number of rotatable bonds is 8. The van der Waals surface area contributed by atoms with Crippen molar-refractivity contribution in [3.63, 3.8) is 0 Å². The minimum Gasteiger partial charge on any atom is -0.460 e. The molecule has 0 aliphatic rings. The van der Waals surface area contributed by atoms with Crippen LogP contribution in [0.2, 0.25) is 5.02 Å². The van der Waals surface area contributed by atoms with E-state index in [0.717, 1.165) is 5.56 Å². The zero-order valence-electron chi connectivity index (χ0n) is 17.4. The van der Waals surface area contributed by atoms with Gasteiger partial charge in [-0.1, -0.05) is 45.7 Å². The molecule has 9 heteroatoms. The third-order valence-corrected chi connectivity index (χ3v) is 5.70. The molecule has 1 N–H and O–H groups in total. The van der Waals surface area contributed by atoms with Gasteiger partial charge in [0.15, 0.2) is 5.13 Å². The van der Waals surface area contributed by atoms with Crippen molar-refractivity contribution in [3.8, 4) is 11.3 Å². The molecule has 0 fully saturated rings. The maximum atomic E-state index is 13.3. The van der Waals surface area contributed by atoms with Crippen LogP contribution in [0.15, 0.2) is 29.6 Å². The van der Waals surface area contributed by atoms with Crippen molar-refractivity contribution < 1.29 is 19.4 Å². The van der Waals surface area contributed by atoms with Crippen molar-refractivity contribution in [3.05, 3.63) is 34.7 Å². The summed E-state index contributed by atoms with van der Waals surface area (Å²) in [5.41, 5.74) is 0.764. The molecule has 2 unspecified atom stereocenters. The first-order chi connectivity index (χ1) is 14.0. The molecule has 0 saturated carbocycles. The van der Waals surface area contributed by atoms with Crippen LogP contribution in [0.5, 0.6) is 0 Å². The number of aliphatic hydroxyl groups is 1. The van der Waals surface area contributed by atoms with Gasteiger partial charge >= 0.3 is 5.97 Å². The molecule has 0 aliphatic carbocycles. The van der Waals surface area contributed by atoms with Crippen molar-refractivity contribution >= 4 is 55.9 Å². The first-order valence-corrected chi connectivity index (χ1v) is 11.9. The molecule has 1 heterocycles. The summed E-state index contributed by atoms with van der Waals surface area (Å²) < 4.78 is 5.33. The predicted octanol–water partition coefficient (Wildman–Crippen LogP) is 4.92. The van der Waals surface area contributed by atoms with E-state index in [9.17, 15) is 14.7 Å². The van der Waals surface area contributed by atoms with Gasteiger partial charge < -0.3 is 9.84 Å². The van der Waals surface area contributed by atoms with E-state index < -0.39 is 23.6 Å². The van der Waals surface area contributed by atoms with E-state index in [1.165, 1.54) is 23.2 Å². The van der Waals surface area contributed by atoms with Crippen molar-refractivity contribution in [2.24, 2.45) is 5.92 Å². The number of hydrogen-bond acceptors (Lipinski definition) is 6. The van der Waals surface area contributed by atoms with Crippen LogP contribution in [0.1, 0.15) is 34.1 Å². The van der Waals surface area contributed by atoms with E-state index >= 15 is 0 Å². The normalized spacial score (nSPS) is 13.6. The van der Waals surface area contributed by atoms with E-state index in [1.807, 2.05) is 23.6 Å². The molecule has 6 nitrogen and oxygen atoms in total. The fraction of sp³-hybridized carbons (Fsp3) is 0.476. The summed E-state index contributed by atoms with van der Waals surface area (Å²) in [7, 11) is 0. The molecule has 1 aromatic carbocycles. The van der Waals surface area contributed by atoms with Crippen LogP contribution in [-0.4, -0.2) is 45.5 Å². The van der Waals surface area contributed by atoms with Gasteiger partial charge in [0.05, 0.1) is 24.1 Å². The van der Waals surface area contributed by atoms with E-state index in [1.54, 1.807) is 26.8 Å². The maximum Gasteiger partial charge on any atom is 0.307 e. The summed E-state index contributed by atoms with van der Waals surface area (Å²) in [4.78, 5) is 31.6. The van der Waals surface area contributed by atoms with Gasteiger partial charge in [0.2, 0.25) is 5.91 Å². The Hall–Kier alpha value is -1.48. The van der Waals surface area contributed by atoms with Gasteiger partial charge in [0.1, 0.15) is 5.60 Å². The fourth-order valence-corrected chi connectivity index (χ4v) is 4.24. The van der Waals surface area contributed by atoms with Crippen LogP contribution < -0.4 is 4.90 Å². The topological polar surface area (TPSA) is 79.7 Å². The highest BCUT2D eigenvalue weighted by Gasteiger charge is 2.33. The number of thiazole rings is 1. The lowest BCUT2D eigenvalue weighted by atomic mass is 9.98. The molecular formula is C21H26BrClN2O4S. The number of esters is 1. The number of anilines is 1. The Balaban J connectivity index is 2.28. The molecular weight excluding hydrogens is 492 g/mol. The zero-order valence-corrected chi connectivity index (χ0v) is 20.6. The van der Waals surface area contributed by atoms with Crippen LogP contribution in [-0.2, 0) is 14.3 Å². The van der Waals surface area contributed by atoms with Crippen LogP contribution >= 0.6 is 38.9 Å². The zero-order chi connectivity index (χ0) is 22.5. The molecule has 0 aliphatic heterocycles. The number of aromatic nitrogens is 1. The van der Waals surface area contributed by atoms with Crippen LogP contribution in [0, 0.1) is 5.92 Å². The molecule has 2 aromatic rings. The summed E-state index contributed by atoms with van der Waals surface area (Å²) in [6.07, 6.45) is -1.24. The molecule has 0 bridgehead atoms. The molecule has 0 spiro atoms. The van der Waals surface area contributed by atoms with Gasteiger partial charge in [-0.2, -0.15) is 0 Å². The van der Waals surface area contributed by atoms with Gasteiger partial charge in [-0.05, 0) is 33.8 Å². The second-order valence-electron chi connectivity index (χ2n) is 7.81. The van der Waals surface area contributed by atoms with Crippen LogP contribution in [0.25, 0.3) is 11.3 Å². The Morgan fingerprint density at radius 3 is 2.57 bits per heavy atom. The number of amides is 1. The highest BCUT2D eigenvalue weighted by atomic mass is 79.9. The van der Waals surface area contributed by atoms with Crippen LogP contribution in [0.3, 0.4) is 0 Å². The Kier molecular flexibility index (Phi) is 8.85. The summed E-state index contributed by atoms with van der Waals surface area (Å²) in [5, 5.41) is 13.6. The average molecular weight is 518 g/mol. The van der Waals surface area contributed by atoms with Crippen molar-refractivity contribution in [1.29, 1.82) is 0 Å². The molecule has 164 valence electrons. The Labute approximate surface area is 194 Å². The van der Waals surface area contributed by atoms with Gasteiger partial charge in [0.25, 0.3) is 0 Å². The quantitative estimate of drug-likeness (QED) is 0.397. The second kappa shape index (κ2) is 10.7. The molecule has 1 aromatic heterocycles. The first kappa shape index (κ1) is 24.8. The number of alkyl halides is 1. The average Bonchev–Trinajstić information content (AvgIpc) is 3.12. The predicted molar refractivity (Wildman–Crippen MR) is 124 cm³/mol. The second-order valence-corrected chi connectivity index (χ2v) is 9.85. The highest BCUT2D eigenvalue weighted by Crippen LogP contribution is 2.33. The summed E-state index contributed by atoms with van der Waals surface area (Å²) in [6.45, 7) is 7.11. The van der Waals surface area contributed by atoms with E-state index in [4.69, 9.17) is 16.3 Å². The highest BCUT2D eigenvalue weighted by molar-refractivity contribution is 9.09. The fourth-order valence-electron chi connectivity index (χ4n) is 2.79. The summed E-state index contributed by atoms with van der Waals surface area (Å²) >= 11 is 10.9. The van der Waals surface area contributed by atoms with E-state index in [2.05, 4.69) is 20.9 Å². The monoisotopic (exact) mass is 516 g/mol. The number of halogens is 2. The Bertz CT molecular complexity index is 882. The van der Waals surface area contributed by atoms with Crippen molar-refractivity contribution in [2.75, 3.05) is 16.8 Å².